The van der Waals surface area contributed by atoms with E-state index in [-0.39, 0.29) is 29.7 Å². The van der Waals surface area contributed by atoms with Gasteiger partial charge in [0.15, 0.2) is 0 Å². The van der Waals surface area contributed by atoms with Crippen molar-refractivity contribution in [1.82, 2.24) is 14.5 Å². The molecule has 4 aromatic rings. The van der Waals surface area contributed by atoms with Crippen LogP contribution in [0.3, 0.4) is 0 Å². The molecule has 0 spiro atoms. The fraction of sp³-hybridized carbons (Fsp3) is 0.241. The molecule has 5 rings (SSSR count). The Hall–Kier alpha value is -3.78. The molecule has 1 aliphatic carbocycles. The first-order valence-corrected chi connectivity index (χ1v) is 13.9. The first-order chi connectivity index (χ1) is 17.9. The molecule has 0 N–H and O–H groups in total. The summed E-state index contributed by atoms with van der Waals surface area (Å²) in [7, 11) is -3.98. The van der Waals surface area contributed by atoms with Gasteiger partial charge < -0.3 is 9.47 Å². The number of benzene rings is 3. The van der Waals surface area contributed by atoms with E-state index in [1.165, 1.54) is 24.4 Å². The lowest BCUT2D eigenvalue weighted by atomic mass is 10.2. The van der Waals surface area contributed by atoms with Crippen LogP contribution < -0.4 is 0 Å². The van der Waals surface area contributed by atoms with Crippen LogP contribution in [0.4, 0.5) is 4.39 Å². The Kier molecular flexibility index (Phi) is 7.19. The Morgan fingerprint density at radius 1 is 0.946 bits per heavy atom. The van der Waals surface area contributed by atoms with Crippen LogP contribution >= 0.6 is 0 Å². The number of carbonyl (C=O) groups excluding carboxylic acids is 1. The minimum atomic E-state index is -3.98. The van der Waals surface area contributed by atoms with Gasteiger partial charge in [0, 0.05) is 17.7 Å². The number of sulfone groups is 1. The number of imidazole rings is 1. The molecule has 1 aromatic heterocycles. The molecule has 1 amide bonds. The van der Waals surface area contributed by atoms with Gasteiger partial charge in [-0.1, -0.05) is 66.7 Å². The van der Waals surface area contributed by atoms with Crippen molar-refractivity contribution >= 4 is 15.7 Å². The van der Waals surface area contributed by atoms with E-state index in [9.17, 15) is 17.6 Å². The van der Waals surface area contributed by atoms with Crippen molar-refractivity contribution in [2.24, 2.45) is 5.92 Å². The maximum absolute atomic E-state index is 14.3. The highest BCUT2D eigenvalue weighted by Gasteiger charge is 2.30. The standard InChI is InChI=1S/C29H28FN3O3S/c30-27-14-8-7-13-25(27)21-37(35,36)29-31-17-26(33(29)19-22-9-3-1-4-10-22)20-32(18-23-15-16-23)28(34)24-11-5-2-6-12-24/h1-14,17,23H,15-16,18-21H2. The van der Waals surface area contributed by atoms with Crippen LogP contribution in [0.1, 0.15) is 40.0 Å². The molecule has 0 saturated heterocycles. The van der Waals surface area contributed by atoms with Crippen molar-refractivity contribution in [3.05, 3.63) is 119 Å². The number of rotatable bonds is 10. The third-order valence-electron chi connectivity index (χ3n) is 6.50. The first-order valence-electron chi connectivity index (χ1n) is 12.3. The molecule has 8 heteroatoms. The summed E-state index contributed by atoms with van der Waals surface area (Å²) in [5.41, 5.74) is 2.19. The lowest BCUT2D eigenvalue weighted by molar-refractivity contribution is 0.0731. The molecule has 1 saturated carbocycles. The van der Waals surface area contributed by atoms with Crippen molar-refractivity contribution in [3.63, 3.8) is 0 Å². The van der Waals surface area contributed by atoms with Gasteiger partial charge in [-0.05, 0) is 42.5 Å². The number of carbonyl (C=O) groups is 1. The predicted molar refractivity (Wildman–Crippen MR) is 139 cm³/mol. The Balaban J connectivity index is 1.51. The molecule has 0 aliphatic heterocycles. The van der Waals surface area contributed by atoms with Crippen molar-refractivity contribution in [2.75, 3.05) is 6.54 Å². The third-order valence-corrected chi connectivity index (χ3v) is 8.08. The summed E-state index contributed by atoms with van der Waals surface area (Å²) in [6.45, 7) is 1.08. The lowest BCUT2D eigenvalue weighted by Gasteiger charge is -2.24. The number of hydrogen-bond acceptors (Lipinski definition) is 4. The van der Waals surface area contributed by atoms with Gasteiger partial charge in [0.2, 0.25) is 15.0 Å². The van der Waals surface area contributed by atoms with E-state index in [0.29, 0.717) is 23.7 Å². The summed E-state index contributed by atoms with van der Waals surface area (Å²) in [5, 5.41) is -0.131. The number of amides is 1. The molecule has 0 atom stereocenters. The molecule has 6 nitrogen and oxygen atoms in total. The van der Waals surface area contributed by atoms with Crippen LogP contribution in [-0.2, 0) is 28.7 Å². The fourth-order valence-corrected chi connectivity index (χ4v) is 5.88. The SMILES string of the molecule is O=C(c1ccccc1)N(Cc1cnc(S(=O)(=O)Cc2ccccc2F)n1Cc1ccccc1)CC1CC1. The van der Waals surface area contributed by atoms with Crippen LogP contribution in [0.15, 0.2) is 96.3 Å². The summed E-state index contributed by atoms with van der Waals surface area (Å²) in [6, 6.07) is 24.4. The molecular weight excluding hydrogens is 489 g/mol. The van der Waals surface area contributed by atoms with E-state index >= 15 is 0 Å². The summed E-state index contributed by atoms with van der Waals surface area (Å²) in [5.74, 6) is -0.728. The summed E-state index contributed by atoms with van der Waals surface area (Å²) >= 11 is 0. The van der Waals surface area contributed by atoms with Gasteiger partial charge >= 0.3 is 0 Å². The average molecular weight is 518 g/mol. The number of aromatic nitrogens is 2. The lowest BCUT2D eigenvalue weighted by Crippen LogP contribution is -2.33. The molecular formula is C29H28FN3O3S. The van der Waals surface area contributed by atoms with Gasteiger partial charge in [0.1, 0.15) is 5.82 Å². The zero-order valence-corrected chi connectivity index (χ0v) is 21.1. The maximum Gasteiger partial charge on any atom is 0.254 e. The number of halogens is 1. The van der Waals surface area contributed by atoms with E-state index < -0.39 is 21.4 Å². The fourth-order valence-electron chi connectivity index (χ4n) is 4.38. The average Bonchev–Trinajstić information content (AvgIpc) is 3.64. The highest BCUT2D eigenvalue weighted by atomic mass is 32.2. The molecule has 1 heterocycles. The predicted octanol–water partition coefficient (Wildman–Crippen LogP) is 5.10. The van der Waals surface area contributed by atoms with E-state index in [4.69, 9.17) is 0 Å². The van der Waals surface area contributed by atoms with Crippen molar-refractivity contribution in [1.29, 1.82) is 0 Å². The van der Waals surface area contributed by atoms with Crippen LogP contribution in [0.5, 0.6) is 0 Å². The van der Waals surface area contributed by atoms with Gasteiger partial charge in [-0.15, -0.1) is 0 Å². The molecule has 1 fully saturated rings. The zero-order valence-electron chi connectivity index (χ0n) is 20.3. The topological polar surface area (TPSA) is 72.3 Å². The molecule has 190 valence electrons. The van der Waals surface area contributed by atoms with E-state index in [1.54, 1.807) is 27.7 Å². The van der Waals surface area contributed by atoms with E-state index in [1.807, 2.05) is 48.5 Å². The molecule has 37 heavy (non-hydrogen) atoms. The molecule has 3 aromatic carbocycles. The Bertz CT molecular complexity index is 1480. The van der Waals surface area contributed by atoms with Crippen molar-refractivity contribution in [2.45, 2.75) is 36.8 Å². The summed E-state index contributed by atoms with van der Waals surface area (Å²) in [6.07, 6.45) is 3.67. The van der Waals surface area contributed by atoms with E-state index in [0.717, 1.165) is 18.4 Å². The maximum atomic E-state index is 14.3. The molecule has 0 radical (unpaired) electrons. The van der Waals surface area contributed by atoms with Crippen LogP contribution in [0.25, 0.3) is 0 Å². The minimum absolute atomic E-state index is 0.0907. The minimum Gasteiger partial charge on any atom is -0.332 e. The number of nitrogens with zero attached hydrogens (tertiary/aromatic N) is 3. The van der Waals surface area contributed by atoms with Crippen LogP contribution in [0.2, 0.25) is 0 Å². The van der Waals surface area contributed by atoms with E-state index in [2.05, 4.69) is 4.98 Å². The van der Waals surface area contributed by atoms with Gasteiger partial charge in [0.05, 0.1) is 30.7 Å². The second-order valence-electron chi connectivity index (χ2n) is 9.45. The van der Waals surface area contributed by atoms with Crippen LogP contribution in [0, 0.1) is 11.7 Å². The monoisotopic (exact) mass is 517 g/mol. The largest absolute Gasteiger partial charge is 0.332 e. The van der Waals surface area contributed by atoms with Gasteiger partial charge in [-0.3, -0.25) is 4.79 Å². The summed E-state index contributed by atoms with van der Waals surface area (Å²) < 4.78 is 42.9. The van der Waals surface area contributed by atoms with Crippen LogP contribution in [-0.4, -0.2) is 35.3 Å². The summed E-state index contributed by atoms with van der Waals surface area (Å²) in [4.78, 5) is 19.5. The molecule has 0 bridgehead atoms. The Morgan fingerprint density at radius 3 is 2.27 bits per heavy atom. The highest BCUT2D eigenvalue weighted by Crippen LogP contribution is 2.31. The van der Waals surface area contributed by atoms with Gasteiger partial charge in [-0.25, -0.2) is 17.8 Å². The molecule has 1 aliphatic rings. The zero-order chi connectivity index (χ0) is 25.8. The quantitative estimate of drug-likeness (QED) is 0.294. The van der Waals surface area contributed by atoms with Crippen molar-refractivity contribution < 1.29 is 17.6 Å². The van der Waals surface area contributed by atoms with Gasteiger partial charge in [-0.2, -0.15) is 0 Å². The number of hydrogen-bond donors (Lipinski definition) is 0. The first kappa shape index (κ1) is 24.9. The highest BCUT2D eigenvalue weighted by molar-refractivity contribution is 7.90. The Labute approximate surface area is 216 Å². The smallest absolute Gasteiger partial charge is 0.254 e. The third kappa shape index (κ3) is 5.97. The van der Waals surface area contributed by atoms with Crippen molar-refractivity contribution in [3.8, 4) is 0 Å². The second-order valence-corrected chi connectivity index (χ2v) is 11.3. The Morgan fingerprint density at radius 2 is 1.59 bits per heavy atom. The second kappa shape index (κ2) is 10.7. The van der Waals surface area contributed by atoms with Gasteiger partial charge in [0.25, 0.3) is 5.91 Å². The normalized spacial score (nSPS) is 13.4. The molecule has 0 unspecified atom stereocenters.